The number of hydrogen-bond acceptors (Lipinski definition) is 3. The molecule has 3 rings (SSSR count). The molecule has 3 nitrogen and oxygen atoms in total. The third-order valence-electron chi connectivity index (χ3n) is 5.74. The Hall–Kier alpha value is -1.59. The van der Waals surface area contributed by atoms with Gasteiger partial charge in [0.15, 0.2) is 0 Å². The second kappa shape index (κ2) is 11.3. The second-order valence-corrected chi connectivity index (χ2v) is 17.1. The fourth-order valence-electron chi connectivity index (χ4n) is 4.29. The van der Waals surface area contributed by atoms with E-state index in [1.807, 2.05) is 0 Å². The van der Waals surface area contributed by atoms with Gasteiger partial charge in [-0.15, -0.1) is 0 Å². The molecule has 0 unspecified atom stereocenters. The van der Waals surface area contributed by atoms with Gasteiger partial charge >= 0.3 is 204 Å². The number of anilines is 3. The van der Waals surface area contributed by atoms with Crippen LogP contribution in [0.2, 0.25) is 0 Å². The van der Waals surface area contributed by atoms with E-state index in [2.05, 4.69) is 130 Å². The molecule has 0 aliphatic heterocycles. The molecule has 0 atom stereocenters. The van der Waals surface area contributed by atoms with Crippen LogP contribution >= 0.6 is 0 Å². The van der Waals surface area contributed by atoms with E-state index in [1.54, 1.807) is 0 Å². The molecule has 0 radical (unpaired) electrons. The van der Waals surface area contributed by atoms with Gasteiger partial charge in [0, 0.05) is 0 Å². The first-order chi connectivity index (χ1) is 14.9. The first-order valence-electron chi connectivity index (χ1n) is 11.0. The van der Waals surface area contributed by atoms with Gasteiger partial charge in [-0.1, -0.05) is 0 Å². The Morgan fingerprint density at radius 1 is 0.452 bits per heavy atom. The molecule has 0 aliphatic rings. The number of rotatable bonds is 9. The molecule has 0 amide bonds. The maximum atomic E-state index is 2.34. The van der Waals surface area contributed by atoms with E-state index in [9.17, 15) is 0 Å². The van der Waals surface area contributed by atoms with Gasteiger partial charge in [-0.3, -0.25) is 0 Å². The van der Waals surface area contributed by atoms with Crippen molar-refractivity contribution < 1.29 is 34.6 Å². The Balaban J connectivity index is 1.97. The molecule has 0 fully saturated rings. The molecule has 0 saturated heterocycles. The molecule has 0 bridgehead atoms. The Bertz CT molecular complexity index is 854. The van der Waals surface area contributed by atoms with Crippen LogP contribution in [0.1, 0.15) is 16.7 Å². The molecule has 0 aliphatic carbocycles. The zero-order valence-electron chi connectivity index (χ0n) is 19.9. The summed E-state index contributed by atoms with van der Waals surface area (Å²) in [6, 6.07) is 26.9. The zero-order valence-corrected chi connectivity index (χ0v) is 23.1. The Morgan fingerprint density at radius 3 is 0.968 bits per heavy atom. The van der Waals surface area contributed by atoms with Crippen LogP contribution in [0.5, 0.6) is 0 Å². The first kappa shape index (κ1) is 24.1. The van der Waals surface area contributed by atoms with Gasteiger partial charge < -0.3 is 0 Å². The van der Waals surface area contributed by atoms with Crippen LogP contribution in [0.25, 0.3) is 0 Å². The van der Waals surface area contributed by atoms with Crippen molar-refractivity contribution in [3.05, 3.63) is 89.5 Å². The quantitative estimate of drug-likeness (QED) is 0.356. The van der Waals surface area contributed by atoms with Crippen molar-refractivity contribution in [2.45, 2.75) is 6.21 Å². The van der Waals surface area contributed by atoms with Gasteiger partial charge in [0.2, 0.25) is 0 Å². The van der Waals surface area contributed by atoms with Crippen LogP contribution in [-0.2, 0) is 6.21 Å². The maximum absolute atomic E-state index is 2.34. The predicted octanol–water partition coefficient (Wildman–Crippen LogP) is 5.41. The van der Waals surface area contributed by atoms with Gasteiger partial charge in [0.1, 0.15) is 0 Å². The fourth-order valence-corrected chi connectivity index (χ4v) is 13.6. The molecule has 31 heavy (non-hydrogen) atoms. The molecule has 0 aromatic heterocycles. The summed E-state index contributed by atoms with van der Waals surface area (Å²) in [5, 5.41) is 0. The summed E-state index contributed by atoms with van der Waals surface area (Å²) in [4.78, 5) is 6.79. The zero-order chi connectivity index (χ0) is 22.4. The van der Waals surface area contributed by atoms with E-state index in [4.69, 9.17) is 0 Å². The third kappa shape index (κ3) is 6.45. The van der Waals surface area contributed by atoms with Crippen LogP contribution in [0.4, 0.5) is 17.1 Å². The second-order valence-electron chi connectivity index (χ2n) is 8.85. The molecule has 0 spiro atoms. The number of nitrogens with zero attached hydrogens (tertiary/aromatic N) is 3. The van der Waals surface area contributed by atoms with Crippen LogP contribution < -0.4 is 14.7 Å². The summed E-state index contributed by atoms with van der Waals surface area (Å²) in [6.45, 7) is 0. The first-order valence-corrected chi connectivity index (χ1v) is 17.8. The van der Waals surface area contributed by atoms with Crippen LogP contribution in [-0.4, -0.2) is 42.3 Å². The SMILES string of the molecule is CN(C)c1ccccc1[CH2][Nd]([CH2]c1ccccc1N(C)C)[CH2]c1ccccc1N(C)C. The van der Waals surface area contributed by atoms with E-state index in [-0.39, 0.29) is 0 Å². The van der Waals surface area contributed by atoms with E-state index >= 15 is 0 Å². The average molecular weight is 547 g/mol. The van der Waals surface area contributed by atoms with E-state index in [0.29, 0.717) is 0 Å². The number of para-hydroxylation sites is 3. The van der Waals surface area contributed by atoms with Crippen molar-refractivity contribution in [1.82, 2.24) is 0 Å². The molecule has 3 aromatic carbocycles. The van der Waals surface area contributed by atoms with Crippen LogP contribution in [0.15, 0.2) is 72.8 Å². The van der Waals surface area contributed by atoms with Crippen LogP contribution in [0.3, 0.4) is 0 Å². The van der Waals surface area contributed by atoms with E-state index < -0.39 is 34.6 Å². The Kier molecular flexibility index (Phi) is 8.79. The summed E-state index contributed by atoms with van der Waals surface area (Å²) < 4.78 is 3.80. The normalized spacial score (nSPS) is 10.6. The standard InChI is InChI=1S/3C9H12N.Nd/c3*1-8-6-4-5-7-9(8)10(2)3;/h3*4-7H,1H2,2-3H3;. The Morgan fingerprint density at radius 2 is 0.710 bits per heavy atom. The summed E-state index contributed by atoms with van der Waals surface area (Å²) in [5.41, 5.74) is 8.64. The monoisotopic (exact) mass is 544 g/mol. The van der Waals surface area contributed by atoms with E-state index in [1.165, 1.54) is 40.0 Å². The number of hydrogen-bond donors (Lipinski definition) is 0. The summed E-state index contributed by atoms with van der Waals surface area (Å²) >= 11 is -2.11. The van der Waals surface area contributed by atoms with Gasteiger partial charge in [-0.25, -0.2) is 0 Å². The molecular formula is C27H36N3Nd. The van der Waals surface area contributed by atoms with Gasteiger partial charge in [0.05, 0.1) is 0 Å². The molecule has 0 saturated carbocycles. The van der Waals surface area contributed by atoms with Crippen molar-refractivity contribution in [2.75, 3.05) is 57.0 Å². The van der Waals surface area contributed by atoms with Gasteiger partial charge in [0.25, 0.3) is 0 Å². The van der Waals surface area contributed by atoms with Crippen LogP contribution in [0, 0.1) is 34.6 Å². The summed E-state index contributed by atoms with van der Waals surface area (Å²) in [6.07, 6.45) is 0. The minimum atomic E-state index is -2.11. The van der Waals surface area contributed by atoms with Gasteiger partial charge in [-0.05, 0) is 0 Å². The van der Waals surface area contributed by atoms with Crippen molar-refractivity contribution in [3.8, 4) is 0 Å². The summed E-state index contributed by atoms with van der Waals surface area (Å²) in [5.74, 6) is 0. The predicted molar refractivity (Wildman–Crippen MR) is 133 cm³/mol. The molecule has 4 heteroatoms. The fraction of sp³-hybridized carbons (Fsp3) is 0.333. The molecule has 3 aromatic rings. The number of benzene rings is 3. The van der Waals surface area contributed by atoms with Gasteiger partial charge in [-0.2, -0.15) is 0 Å². The van der Waals surface area contributed by atoms with Crippen molar-refractivity contribution in [2.24, 2.45) is 0 Å². The molecule has 0 N–H and O–H groups in total. The Labute approximate surface area is 202 Å². The minimum absolute atomic E-state index is 1.27. The summed E-state index contributed by atoms with van der Waals surface area (Å²) in [7, 11) is 13.0. The van der Waals surface area contributed by atoms with Crippen molar-refractivity contribution in [1.29, 1.82) is 0 Å². The molecular weight excluding hydrogens is 511 g/mol. The molecule has 0 heterocycles. The topological polar surface area (TPSA) is 9.72 Å². The van der Waals surface area contributed by atoms with Crippen molar-refractivity contribution in [3.63, 3.8) is 0 Å². The van der Waals surface area contributed by atoms with E-state index in [0.717, 1.165) is 0 Å². The molecule has 163 valence electrons. The third-order valence-corrected chi connectivity index (χ3v) is 14.2. The van der Waals surface area contributed by atoms with Crippen molar-refractivity contribution >= 4 is 17.1 Å². The average Bonchev–Trinajstić information content (AvgIpc) is 2.74.